The van der Waals surface area contributed by atoms with Crippen LogP contribution in [0.2, 0.25) is 0 Å². The molecule has 2 unspecified atom stereocenters. The van der Waals surface area contributed by atoms with Gasteiger partial charge in [0.1, 0.15) is 17.1 Å². The van der Waals surface area contributed by atoms with Crippen molar-refractivity contribution in [3.63, 3.8) is 0 Å². The van der Waals surface area contributed by atoms with Gasteiger partial charge < -0.3 is 41.3 Å². The number of amides is 2. The van der Waals surface area contributed by atoms with Crippen LogP contribution >= 0.6 is 0 Å². The van der Waals surface area contributed by atoms with Crippen molar-refractivity contribution >= 4 is 34.8 Å². The molecule has 0 saturated heterocycles. The summed E-state index contributed by atoms with van der Waals surface area (Å²) in [6.45, 7) is 0.682. The van der Waals surface area contributed by atoms with Crippen LogP contribution in [0.3, 0.4) is 0 Å². The van der Waals surface area contributed by atoms with Crippen LogP contribution < -0.4 is 16.0 Å². The van der Waals surface area contributed by atoms with Crippen molar-refractivity contribution in [3.8, 4) is 5.75 Å². The molecule has 4 rings (SSSR count). The molecule has 0 heterocycles. The van der Waals surface area contributed by atoms with Gasteiger partial charge >= 0.3 is 0 Å². The molecule has 0 spiro atoms. The minimum atomic E-state index is -2.72. The van der Waals surface area contributed by atoms with Crippen molar-refractivity contribution in [2.45, 2.75) is 37.3 Å². The van der Waals surface area contributed by atoms with Crippen LogP contribution in [0.1, 0.15) is 35.2 Å². The molecule has 1 aromatic carbocycles. The highest BCUT2D eigenvalue weighted by atomic mass is 16.3. The third-order valence-corrected chi connectivity index (χ3v) is 8.46. The van der Waals surface area contributed by atoms with Gasteiger partial charge in [-0.25, -0.2) is 0 Å². The molecule has 0 fully saturated rings. The number of hydrogen-bond acceptors (Lipinski definition) is 11. The number of rotatable bonds is 8. The summed E-state index contributed by atoms with van der Waals surface area (Å²) in [6, 6.07) is 0.515. The Morgan fingerprint density at radius 1 is 1.10 bits per heavy atom. The van der Waals surface area contributed by atoms with Gasteiger partial charge in [-0.15, -0.1) is 0 Å². The Hall–Kier alpha value is -3.94. The lowest BCUT2D eigenvalue weighted by Crippen LogP contribution is -2.63. The van der Waals surface area contributed by atoms with Gasteiger partial charge in [0.05, 0.1) is 17.3 Å². The molecule has 0 bridgehead atoms. The van der Waals surface area contributed by atoms with E-state index in [2.05, 4.69) is 5.32 Å². The number of nitrogens with one attached hydrogen (secondary N) is 1. The standard InChI is InChI=1S/C29H39N5O8/c1-32(2)9-7-8-18(35)31-16-12-17(33(3)4)14-10-13-11-15-22(34(5)6)25(38)21(28(30)41)27(40)29(15,42)26(39)19(13)24(37)20(14)23(16)36/h12-13,15,22,36,38-39,42H,7-11H2,1-6H3,(H2,30,41)(H,31,35)/t13?,15?,22-,29-/m0/s1. The number of aliphatic hydroxyl groups excluding tert-OH is 2. The van der Waals surface area contributed by atoms with E-state index >= 15 is 0 Å². The number of Topliss-reactive ketones (excluding diaryl/α,β-unsaturated/α-hetero) is 2. The van der Waals surface area contributed by atoms with Crippen molar-refractivity contribution < 1.29 is 39.6 Å². The van der Waals surface area contributed by atoms with Gasteiger partial charge in [-0.3, -0.25) is 24.1 Å². The van der Waals surface area contributed by atoms with E-state index in [1.165, 1.54) is 4.90 Å². The number of likely N-dealkylation sites (N-methyl/N-ethyl adjacent to an activating group) is 1. The molecule has 0 aliphatic heterocycles. The molecule has 3 aliphatic carbocycles. The first-order valence-electron chi connectivity index (χ1n) is 13.7. The fourth-order valence-corrected chi connectivity index (χ4v) is 6.56. The van der Waals surface area contributed by atoms with E-state index in [0.717, 1.165) is 0 Å². The number of aliphatic hydroxyl groups is 3. The number of allylic oxidation sites excluding steroid dienone is 1. The molecule has 1 aromatic rings. The van der Waals surface area contributed by atoms with Gasteiger partial charge in [-0.2, -0.15) is 0 Å². The highest BCUT2D eigenvalue weighted by molar-refractivity contribution is 6.25. The molecule has 13 heteroatoms. The summed E-state index contributed by atoms with van der Waals surface area (Å²) in [5.74, 6) is -7.61. The molecule has 2 amide bonds. The average Bonchev–Trinajstić information content (AvgIpc) is 2.87. The first-order valence-corrected chi connectivity index (χ1v) is 13.7. The number of fused-ring (bicyclic) bond motifs is 3. The molecule has 42 heavy (non-hydrogen) atoms. The molecule has 7 N–H and O–H groups in total. The van der Waals surface area contributed by atoms with E-state index in [1.54, 1.807) is 39.2 Å². The maximum absolute atomic E-state index is 14.1. The number of phenols is 1. The lowest BCUT2D eigenvalue weighted by molar-refractivity contribution is -0.148. The van der Waals surface area contributed by atoms with E-state index in [1.807, 2.05) is 19.0 Å². The number of ketones is 2. The lowest BCUT2D eigenvalue weighted by atomic mass is 9.58. The highest BCUT2D eigenvalue weighted by Gasteiger charge is 2.63. The van der Waals surface area contributed by atoms with E-state index in [4.69, 9.17) is 5.73 Å². The molecule has 4 atom stereocenters. The van der Waals surface area contributed by atoms with Crippen molar-refractivity contribution in [2.24, 2.45) is 17.6 Å². The lowest BCUT2D eigenvalue weighted by Gasteiger charge is -2.50. The SMILES string of the molecule is CN(C)CCCC(=O)Nc1cc(N(C)C)c2c(c1O)C(=O)C1=C(O)[C@]3(O)C(=O)C(C(N)=O)=C(O)[C@@H](N(C)C)C3CC1C2. The number of primary amides is 1. The minimum absolute atomic E-state index is 0.0102. The summed E-state index contributed by atoms with van der Waals surface area (Å²) < 4.78 is 0. The number of phenolic OH excluding ortho intramolecular Hbond substituents is 1. The number of carbonyl (C=O) groups is 4. The summed E-state index contributed by atoms with van der Waals surface area (Å²) >= 11 is 0. The Bertz CT molecular complexity index is 1430. The molecule has 0 radical (unpaired) electrons. The third-order valence-electron chi connectivity index (χ3n) is 8.46. The summed E-state index contributed by atoms with van der Waals surface area (Å²) in [5.41, 5.74) is 2.42. The quantitative estimate of drug-likeness (QED) is 0.183. The normalized spacial score (nSPS) is 25.4. The Morgan fingerprint density at radius 2 is 1.74 bits per heavy atom. The number of aromatic hydroxyl groups is 1. The molecule has 228 valence electrons. The molecular formula is C29H39N5O8. The number of hydrogen-bond donors (Lipinski definition) is 6. The summed E-state index contributed by atoms with van der Waals surface area (Å²) in [5, 5.41) is 48.1. The number of benzene rings is 1. The first kappa shape index (κ1) is 31.0. The zero-order chi connectivity index (χ0) is 31.4. The second kappa shape index (κ2) is 11.0. The van der Waals surface area contributed by atoms with Gasteiger partial charge in [-0.05, 0) is 71.5 Å². The molecule has 0 aromatic heterocycles. The van der Waals surface area contributed by atoms with Crippen LogP contribution in [0.15, 0.2) is 28.7 Å². The van der Waals surface area contributed by atoms with Crippen LogP contribution in [0.5, 0.6) is 5.75 Å². The van der Waals surface area contributed by atoms with Crippen LogP contribution in [0, 0.1) is 11.8 Å². The number of carbonyl (C=O) groups excluding carboxylic acids is 4. The van der Waals surface area contributed by atoms with E-state index < -0.39 is 63.8 Å². The van der Waals surface area contributed by atoms with Gasteiger partial charge in [0.15, 0.2) is 17.1 Å². The summed E-state index contributed by atoms with van der Waals surface area (Å²) in [6.07, 6.45) is 0.891. The minimum Gasteiger partial charge on any atom is -0.510 e. The maximum Gasteiger partial charge on any atom is 0.255 e. The van der Waals surface area contributed by atoms with Gasteiger partial charge in [0.25, 0.3) is 5.91 Å². The second-order valence-electron chi connectivity index (χ2n) is 12.0. The van der Waals surface area contributed by atoms with Gasteiger partial charge in [0.2, 0.25) is 11.7 Å². The highest BCUT2D eigenvalue weighted by Crippen LogP contribution is 2.53. The van der Waals surface area contributed by atoms with E-state index in [-0.39, 0.29) is 42.0 Å². The monoisotopic (exact) mass is 585 g/mol. The predicted octanol–water partition coefficient (Wildman–Crippen LogP) is 0.467. The summed E-state index contributed by atoms with van der Waals surface area (Å²) in [4.78, 5) is 57.5. The van der Waals surface area contributed by atoms with Crippen molar-refractivity contribution in [1.29, 1.82) is 0 Å². The van der Waals surface area contributed by atoms with Crippen molar-refractivity contribution in [1.82, 2.24) is 9.80 Å². The molecule has 0 saturated carbocycles. The van der Waals surface area contributed by atoms with E-state index in [9.17, 15) is 39.6 Å². The second-order valence-corrected chi connectivity index (χ2v) is 12.0. The Morgan fingerprint density at radius 3 is 2.29 bits per heavy atom. The fraction of sp³-hybridized carbons (Fsp3) is 0.517. The zero-order valence-electron chi connectivity index (χ0n) is 24.7. The third kappa shape index (κ3) is 4.80. The van der Waals surface area contributed by atoms with Crippen LogP contribution in [0.25, 0.3) is 0 Å². The predicted molar refractivity (Wildman–Crippen MR) is 154 cm³/mol. The average molecular weight is 586 g/mol. The molecular weight excluding hydrogens is 546 g/mol. The number of nitrogens with zero attached hydrogens (tertiary/aromatic N) is 3. The van der Waals surface area contributed by atoms with Gasteiger partial charge in [0, 0.05) is 37.7 Å². The zero-order valence-corrected chi connectivity index (χ0v) is 24.7. The van der Waals surface area contributed by atoms with Crippen LogP contribution in [0.4, 0.5) is 11.4 Å². The summed E-state index contributed by atoms with van der Waals surface area (Å²) in [7, 11) is 10.4. The van der Waals surface area contributed by atoms with Crippen molar-refractivity contribution in [2.75, 3.05) is 59.0 Å². The van der Waals surface area contributed by atoms with Crippen LogP contribution in [-0.2, 0) is 20.8 Å². The largest absolute Gasteiger partial charge is 0.510 e. The number of anilines is 2. The number of nitrogens with two attached hydrogens (primary N) is 1. The van der Waals surface area contributed by atoms with Crippen LogP contribution in [-0.4, -0.2) is 114 Å². The topological polar surface area (TPSA) is 197 Å². The Kier molecular flexibility index (Phi) is 8.15. The van der Waals surface area contributed by atoms with Gasteiger partial charge in [-0.1, -0.05) is 0 Å². The van der Waals surface area contributed by atoms with E-state index in [0.29, 0.717) is 24.2 Å². The molecule has 13 nitrogen and oxygen atoms in total. The maximum atomic E-state index is 14.1. The Labute approximate surface area is 243 Å². The molecule has 3 aliphatic rings. The Balaban J connectivity index is 1.85. The smallest absolute Gasteiger partial charge is 0.255 e. The fourth-order valence-electron chi connectivity index (χ4n) is 6.56. The van der Waals surface area contributed by atoms with Crippen molar-refractivity contribution in [3.05, 3.63) is 39.9 Å². The first-order chi connectivity index (χ1) is 19.5.